The summed E-state index contributed by atoms with van der Waals surface area (Å²) in [5.41, 5.74) is 1.27. The van der Waals surface area contributed by atoms with Crippen LogP contribution in [-0.2, 0) is 0 Å². The first-order valence-corrected chi connectivity index (χ1v) is 24.4. The fourth-order valence-electron chi connectivity index (χ4n) is 12.0. The normalized spacial score (nSPS) is 19.2. The molecule has 0 spiro atoms. The third-order valence-corrected chi connectivity index (χ3v) is 14.9. The van der Waals surface area contributed by atoms with Gasteiger partial charge in [-0.3, -0.25) is 0 Å². The third-order valence-electron chi connectivity index (χ3n) is 14.9. The van der Waals surface area contributed by atoms with Gasteiger partial charge in [-0.05, 0) is 121 Å². The van der Waals surface area contributed by atoms with Gasteiger partial charge in [0, 0.05) is 0 Å². The molecule has 0 fully saturated rings. The molecule has 0 rings (SSSR count). The van der Waals surface area contributed by atoms with E-state index in [-0.39, 0.29) is 0 Å². The van der Waals surface area contributed by atoms with E-state index in [2.05, 4.69) is 118 Å². The summed E-state index contributed by atoms with van der Waals surface area (Å²) in [6, 6.07) is 0. The average Bonchev–Trinajstić information content (AvgIpc) is 3.06. The smallest absolute Gasteiger partial charge is 0.0259 e. The average molecular weight is 731 g/mol. The molecule has 0 bridgehead atoms. The highest BCUT2D eigenvalue weighted by Gasteiger charge is 2.51. The highest BCUT2D eigenvalue weighted by molar-refractivity contribution is 5.01. The standard InChI is InChI=1S/C52H106/c1-18-24-29-46(14)39-51(35-26-30-43(11)21-4,36-33-45(13)27-19-2)49(31-25-28-41(7)8)52(38-42(9)10,37-32-44(12)22-5)40-47(15)48(23-6)50(16,17)34-20-3/h41-49H,18-40H2,1-17H3. The zero-order valence-corrected chi connectivity index (χ0v) is 40.0. The van der Waals surface area contributed by atoms with E-state index in [0.29, 0.717) is 16.2 Å². The molecule has 0 aliphatic carbocycles. The van der Waals surface area contributed by atoms with Crippen LogP contribution < -0.4 is 0 Å². The monoisotopic (exact) mass is 731 g/mol. The summed E-state index contributed by atoms with van der Waals surface area (Å²) >= 11 is 0. The molecule has 0 saturated carbocycles. The van der Waals surface area contributed by atoms with E-state index in [4.69, 9.17) is 0 Å². The van der Waals surface area contributed by atoms with Crippen LogP contribution in [0, 0.1) is 69.5 Å². The SMILES string of the molecule is CCCCC(C)CC(CCCC(C)CC)(CCC(C)CCC)C(CCCC(C)C)C(CCC(C)CC)(CC(C)C)CC(C)C(CC)C(C)(C)CCC. The Labute approximate surface area is 333 Å². The molecule has 0 heteroatoms. The van der Waals surface area contributed by atoms with Crippen LogP contribution in [0.25, 0.3) is 0 Å². The molecular weight excluding hydrogens is 625 g/mol. The Morgan fingerprint density at radius 3 is 1.48 bits per heavy atom. The molecule has 9 unspecified atom stereocenters. The molecule has 52 heavy (non-hydrogen) atoms. The maximum atomic E-state index is 2.74. The summed E-state index contributed by atoms with van der Waals surface area (Å²) in [4.78, 5) is 0. The molecule has 0 aromatic carbocycles. The fraction of sp³-hybridized carbons (Fsp3) is 1.00. The quantitative estimate of drug-likeness (QED) is 0.0618. The molecule has 0 aliphatic heterocycles. The molecule has 9 atom stereocenters. The highest BCUT2D eigenvalue weighted by Crippen LogP contribution is 2.61. The van der Waals surface area contributed by atoms with Crippen LogP contribution in [0.3, 0.4) is 0 Å². The van der Waals surface area contributed by atoms with Crippen LogP contribution >= 0.6 is 0 Å². The molecule has 314 valence electrons. The van der Waals surface area contributed by atoms with E-state index in [1.165, 1.54) is 148 Å². The van der Waals surface area contributed by atoms with Gasteiger partial charge in [-0.2, -0.15) is 0 Å². The zero-order chi connectivity index (χ0) is 40.0. The van der Waals surface area contributed by atoms with Crippen molar-refractivity contribution in [3.8, 4) is 0 Å². The number of hydrogen-bond acceptors (Lipinski definition) is 0. The highest BCUT2D eigenvalue weighted by atomic mass is 14.6. The van der Waals surface area contributed by atoms with Gasteiger partial charge in [-0.25, -0.2) is 0 Å². The summed E-state index contributed by atoms with van der Waals surface area (Å²) in [5, 5.41) is 0. The van der Waals surface area contributed by atoms with Crippen molar-refractivity contribution in [1.29, 1.82) is 0 Å². The van der Waals surface area contributed by atoms with Crippen molar-refractivity contribution in [2.24, 2.45) is 69.5 Å². The van der Waals surface area contributed by atoms with Crippen LogP contribution in [0.15, 0.2) is 0 Å². The molecule has 0 heterocycles. The van der Waals surface area contributed by atoms with Crippen molar-refractivity contribution in [1.82, 2.24) is 0 Å². The lowest BCUT2D eigenvalue weighted by molar-refractivity contribution is -0.0653. The number of rotatable bonds is 34. The first-order valence-electron chi connectivity index (χ1n) is 24.4. The molecule has 0 aliphatic rings. The molecule has 0 radical (unpaired) electrons. The van der Waals surface area contributed by atoms with Crippen LogP contribution in [0.1, 0.15) is 265 Å². The summed E-state index contributed by atoms with van der Waals surface area (Å²) in [6.45, 7) is 43.3. The van der Waals surface area contributed by atoms with E-state index in [0.717, 1.165) is 53.3 Å². The minimum absolute atomic E-state index is 0.411. The van der Waals surface area contributed by atoms with Gasteiger partial charge >= 0.3 is 0 Å². The maximum absolute atomic E-state index is 2.74. The van der Waals surface area contributed by atoms with Gasteiger partial charge in [-0.1, -0.05) is 214 Å². The number of unbranched alkanes of at least 4 members (excludes halogenated alkanes) is 1. The van der Waals surface area contributed by atoms with E-state index >= 15 is 0 Å². The first kappa shape index (κ1) is 52.0. The summed E-state index contributed by atoms with van der Waals surface area (Å²) in [7, 11) is 0. The molecule has 0 aromatic heterocycles. The topological polar surface area (TPSA) is 0 Å². The van der Waals surface area contributed by atoms with Gasteiger partial charge < -0.3 is 0 Å². The van der Waals surface area contributed by atoms with Crippen molar-refractivity contribution < 1.29 is 0 Å². The second-order valence-corrected chi connectivity index (χ2v) is 21.5. The summed E-state index contributed by atoms with van der Waals surface area (Å²) in [6.07, 6.45) is 32.4. The molecule has 0 saturated heterocycles. The van der Waals surface area contributed by atoms with Crippen LogP contribution in [0.4, 0.5) is 0 Å². The Morgan fingerprint density at radius 2 is 0.962 bits per heavy atom. The van der Waals surface area contributed by atoms with E-state index in [1.54, 1.807) is 0 Å². The third kappa shape index (κ3) is 19.2. The lowest BCUT2D eigenvalue weighted by Gasteiger charge is -2.56. The van der Waals surface area contributed by atoms with Gasteiger partial charge in [0.1, 0.15) is 0 Å². The minimum Gasteiger partial charge on any atom is -0.0654 e. The molecule has 0 N–H and O–H groups in total. The lowest BCUT2D eigenvalue weighted by atomic mass is 9.49. The van der Waals surface area contributed by atoms with Crippen molar-refractivity contribution >= 4 is 0 Å². The van der Waals surface area contributed by atoms with Crippen LogP contribution in [0.2, 0.25) is 0 Å². The molecule has 0 nitrogen and oxygen atoms in total. The summed E-state index contributed by atoms with van der Waals surface area (Å²) < 4.78 is 0. The van der Waals surface area contributed by atoms with Crippen molar-refractivity contribution in [3.63, 3.8) is 0 Å². The lowest BCUT2D eigenvalue weighted by Crippen LogP contribution is -2.47. The van der Waals surface area contributed by atoms with Gasteiger partial charge in [-0.15, -0.1) is 0 Å². The van der Waals surface area contributed by atoms with Gasteiger partial charge in [0.2, 0.25) is 0 Å². The maximum Gasteiger partial charge on any atom is -0.0259 e. The van der Waals surface area contributed by atoms with E-state index in [9.17, 15) is 0 Å². The van der Waals surface area contributed by atoms with E-state index in [1.807, 2.05) is 0 Å². The Bertz CT molecular complexity index is 820. The largest absolute Gasteiger partial charge is 0.0654 e. The molecule has 0 aromatic rings. The van der Waals surface area contributed by atoms with Crippen molar-refractivity contribution in [2.75, 3.05) is 0 Å². The van der Waals surface area contributed by atoms with Crippen LogP contribution in [-0.4, -0.2) is 0 Å². The van der Waals surface area contributed by atoms with Gasteiger partial charge in [0.25, 0.3) is 0 Å². The Balaban J connectivity index is 8.00. The predicted molar refractivity (Wildman–Crippen MR) is 241 cm³/mol. The van der Waals surface area contributed by atoms with Gasteiger partial charge in [0.05, 0.1) is 0 Å². The van der Waals surface area contributed by atoms with E-state index < -0.39 is 0 Å². The van der Waals surface area contributed by atoms with Crippen LogP contribution in [0.5, 0.6) is 0 Å². The second-order valence-electron chi connectivity index (χ2n) is 21.5. The Morgan fingerprint density at radius 1 is 0.385 bits per heavy atom. The van der Waals surface area contributed by atoms with Crippen molar-refractivity contribution in [3.05, 3.63) is 0 Å². The minimum atomic E-state index is 0.411. The van der Waals surface area contributed by atoms with Crippen molar-refractivity contribution in [2.45, 2.75) is 265 Å². The molecular formula is C52H106. The Kier molecular flexibility index (Phi) is 27.6. The predicted octanol–water partition coefficient (Wildman–Crippen LogP) is 18.8. The summed E-state index contributed by atoms with van der Waals surface area (Å²) in [5.74, 6) is 7.29. The van der Waals surface area contributed by atoms with Gasteiger partial charge in [0.15, 0.2) is 0 Å². The molecule has 0 amide bonds. The zero-order valence-electron chi connectivity index (χ0n) is 40.0. The fourth-order valence-corrected chi connectivity index (χ4v) is 12.0. The Hall–Kier alpha value is 0. The first-order chi connectivity index (χ1) is 24.4. The second kappa shape index (κ2) is 27.6. The number of hydrogen-bond donors (Lipinski definition) is 0.